The van der Waals surface area contributed by atoms with Crippen LogP contribution in [0.3, 0.4) is 0 Å². The van der Waals surface area contributed by atoms with Crippen molar-refractivity contribution >= 4 is 11.6 Å². The predicted octanol–water partition coefficient (Wildman–Crippen LogP) is 6.26. The van der Waals surface area contributed by atoms with Gasteiger partial charge in [0.1, 0.15) is 0 Å². The quantitative estimate of drug-likeness (QED) is 0.484. The van der Waals surface area contributed by atoms with Gasteiger partial charge < -0.3 is 15.1 Å². The largest absolute Gasteiger partial charge is 0.393 e. The standard InChI is InChI=1S/C32H45F2NO3/c1-18(4-9-27(38)35-15-12-19-5-8-25(33)29(34)30(19)35)22-6-7-23-28-24(11-14-32(22,23)3)31(2)13-10-21(36)16-20(31)17-26(28)37/h5,8,18,20-24,26,28,36-37H,4,6-7,9-17H2,1-3H3/t18-,20+,21-,22-,23+,24+,26+,28+,31+,32-/m1/s1. The fourth-order valence-corrected chi connectivity index (χ4v) is 10.5. The number of carbonyl (C=O) groups excluding carboxylic acids is 1. The number of halogens is 2. The van der Waals surface area contributed by atoms with Crippen molar-refractivity contribution < 1.29 is 23.8 Å². The third kappa shape index (κ3) is 3.98. The molecule has 210 valence electrons. The van der Waals surface area contributed by atoms with Crippen molar-refractivity contribution in [2.75, 3.05) is 11.4 Å². The molecular weight excluding hydrogens is 484 g/mol. The van der Waals surface area contributed by atoms with Gasteiger partial charge in [0.2, 0.25) is 5.91 Å². The van der Waals surface area contributed by atoms with Crippen molar-refractivity contribution in [3.8, 4) is 0 Å². The van der Waals surface area contributed by atoms with E-state index in [1.54, 1.807) is 6.07 Å². The van der Waals surface area contributed by atoms with E-state index in [1.165, 1.54) is 11.3 Å². The van der Waals surface area contributed by atoms with Gasteiger partial charge in [-0.3, -0.25) is 4.79 Å². The van der Waals surface area contributed by atoms with Crippen LogP contribution in [-0.2, 0) is 11.2 Å². The first kappa shape index (κ1) is 26.7. The fourth-order valence-electron chi connectivity index (χ4n) is 10.5. The minimum Gasteiger partial charge on any atom is -0.393 e. The number of aliphatic hydroxyl groups is 2. The second-order valence-electron chi connectivity index (χ2n) is 14.1. The lowest BCUT2D eigenvalue weighted by atomic mass is 9.43. The van der Waals surface area contributed by atoms with Crippen LogP contribution in [0.2, 0.25) is 0 Å². The maximum atomic E-state index is 14.5. The molecule has 0 bridgehead atoms. The Bertz CT molecular complexity index is 1090. The van der Waals surface area contributed by atoms with Crippen molar-refractivity contribution in [1.29, 1.82) is 0 Å². The highest BCUT2D eigenvalue weighted by atomic mass is 19.2. The Morgan fingerprint density at radius 3 is 2.58 bits per heavy atom. The lowest BCUT2D eigenvalue weighted by Crippen LogP contribution is -2.58. The molecule has 4 saturated carbocycles. The van der Waals surface area contributed by atoms with Crippen LogP contribution in [0.5, 0.6) is 0 Å². The maximum Gasteiger partial charge on any atom is 0.227 e. The molecule has 1 amide bonds. The van der Waals surface area contributed by atoms with E-state index in [0.29, 0.717) is 60.5 Å². The number of amides is 1. The minimum atomic E-state index is -0.904. The Kier molecular flexibility index (Phi) is 6.70. The molecule has 0 unspecified atom stereocenters. The summed E-state index contributed by atoms with van der Waals surface area (Å²) in [5.74, 6) is 0.752. The monoisotopic (exact) mass is 529 g/mol. The summed E-state index contributed by atoms with van der Waals surface area (Å²) in [4.78, 5) is 14.6. The van der Waals surface area contributed by atoms with Gasteiger partial charge >= 0.3 is 0 Å². The second-order valence-corrected chi connectivity index (χ2v) is 14.1. The number of hydrogen-bond donors (Lipinski definition) is 2. The van der Waals surface area contributed by atoms with Crippen LogP contribution in [0.25, 0.3) is 0 Å². The highest BCUT2D eigenvalue weighted by Gasteiger charge is 2.62. The average molecular weight is 530 g/mol. The van der Waals surface area contributed by atoms with Crippen LogP contribution in [-0.4, -0.2) is 34.9 Å². The number of fused-ring (bicyclic) bond motifs is 6. The molecule has 0 radical (unpaired) electrons. The van der Waals surface area contributed by atoms with Crippen LogP contribution in [0.15, 0.2) is 12.1 Å². The van der Waals surface area contributed by atoms with Gasteiger partial charge in [0.15, 0.2) is 11.6 Å². The molecule has 6 rings (SSSR count). The highest BCUT2D eigenvalue weighted by Crippen LogP contribution is 2.68. The Hall–Kier alpha value is -1.53. The van der Waals surface area contributed by atoms with Crippen LogP contribution >= 0.6 is 0 Å². The van der Waals surface area contributed by atoms with Crippen LogP contribution in [0.4, 0.5) is 14.5 Å². The van der Waals surface area contributed by atoms with E-state index in [1.807, 2.05) is 0 Å². The number of anilines is 1. The van der Waals surface area contributed by atoms with Crippen molar-refractivity contribution in [2.45, 2.75) is 104 Å². The normalized spacial score (nSPS) is 42.7. The topological polar surface area (TPSA) is 60.8 Å². The van der Waals surface area contributed by atoms with Gasteiger partial charge in [0, 0.05) is 13.0 Å². The maximum absolute atomic E-state index is 14.5. The molecule has 2 N–H and O–H groups in total. The number of benzene rings is 1. The molecule has 1 heterocycles. The molecule has 5 aliphatic rings. The Balaban J connectivity index is 1.14. The van der Waals surface area contributed by atoms with Gasteiger partial charge in [-0.1, -0.05) is 26.8 Å². The summed E-state index contributed by atoms with van der Waals surface area (Å²) in [5.41, 5.74) is 1.24. The number of nitrogens with zero attached hydrogens (tertiary/aromatic N) is 1. The summed E-state index contributed by atoms with van der Waals surface area (Å²) in [5, 5.41) is 21.8. The van der Waals surface area contributed by atoms with E-state index in [0.717, 1.165) is 57.4 Å². The van der Waals surface area contributed by atoms with Gasteiger partial charge in [-0.05, 0) is 122 Å². The van der Waals surface area contributed by atoms with E-state index >= 15 is 0 Å². The first-order valence-electron chi connectivity index (χ1n) is 15.2. The molecule has 1 aliphatic heterocycles. The van der Waals surface area contributed by atoms with Crippen molar-refractivity contribution in [3.05, 3.63) is 29.3 Å². The van der Waals surface area contributed by atoms with Crippen LogP contribution in [0, 0.1) is 58.0 Å². The molecule has 0 aromatic heterocycles. The van der Waals surface area contributed by atoms with Gasteiger partial charge in [-0.25, -0.2) is 8.78 Å². The number of carbonyl (C=O) groups is 1. The summed E-state index contributed by atoms with van der Waals surface area (Å²) < 4.78 is 28.4. The van der Waals surface area contributed by atoms with Gasteiger partial charge in [-0.2, -0.15) is 0 Å². The van der Waals surface area contributed by atoms with Crippen LogP contribution in [0.1, 0.15) is 90.5 Å². The summed E-state index contributed by atoms with van der Waals surface area (Å²) in [6.45, 7) is 7.59. The molecule has 4 aliphatic carbocycles. The smallest absolute Gasteiger partial charge is 0.227 e. The zero-order valence-corrected chi connectivity index (χ0v) is 23.3. The minimum absolute atomic E-state index is 0.107. The zero-order chi connectivity index (χ0) is 27.0. The van der Waals surface area contributed by atoms with E-state index in [4.69, 9.17) is 0 Å². The Morgan fingerprint density at radius 1 is 1.05 bits per heavy atom. The third-order valence-electron chi connectivity index (χ3n) is 12.6. The summed E-state index contributed by atoms with van der Waals surface area (Å²) in [6, 6.07) is 2.74. The van der Waals surface area contributed by atoms with Gasteiger partial charge in [0.05, 0.1) is 17.9 Å². The SMILES string of the molecule is C[C@H](CCC(=O)N1CCc2ccc(F)c(F)c21)[C@H]1CC[C@H]2[C@@H]3[C@@H](O)C[C@@H]4C[C@H](O)CC[C@]4(C)[C@H]3CC[C@]12C. The molecular formula is C32H45F2NO3. The first-order chi connectivity index (χ1) is 18.0. The molecule has 10 atom stereocenters. The molecule has 4 nitrogen and oxygen atoms in total. The predicted molar refractivity (Wildman–Crippen MR) is 143 cm³/mol. The van der Waals surface area contributed by atoms with E-state index < -0.39 is 11.6 Å². The molecule has 38 heavy (non-hydrogen) atoms. The molecule has 4 fully saturated rings. The summed E-state index contributed by atoms with van der Waals surface area (Å²) in [7, 11) is 0. The molecule has 1 aromatic rings. The van der Waals surface area contributed by atoms with Crippen molar-refractivity contribution in [3.63, 3.8) is 0 Å². The van der Waals surface area contributed by atoms with Gasteiger partial charge in [0.25, 0.3) is 0 Å². The number of rotatable bonds is 4. The Morgan fingerprint density at radius 2 is 1.79 bits per heavy atom. The van der Waals surface area contributed by atoms with Crippen molar-refractivity contribution in [2.24, 2.45) is 46.3 Å². The molecule has 0 saturated heterocycles. The third-order valence-corrected chi connectivity index (χ3v) is 12.6. The van der Waals surface area contributed by atoms with E-state index in [-0.39, 0.29) is 34.6 Å². The number of aliphatic hydroxyl groups excluding tert-OH is 2. The fraction of sp³-hybridized carbons (Fsp3) is 0.781. The summed E-state index contributed by atoms with van der Waals surface area (Å²) in [6.07, 6.45) is 9.40. The van der Waals surface area contributed by atoms with Crippen LogP contribution < -0.4 is 4.90 Å². The molecule has 0 spiro atoms. The van der Waals surface area contributed by atoms with Gasteiger partial charge in [-0.15, -0.1) is 0 Å². The highest BCUT2D eigenvalue weighted by molar-refractivity contribution is 5.95. The van der Waals surface area contributed by atoms with E-state index in [2.05, 4.69) is 20.8 Å². The zero-order valence-electron chi connectivity index (χ0n) is 23.3. The average Bonchev–Trinajstić information content (AvgIpc) is 3.47. The van der Waals surface area contributed by atoms with E-state index in [9.17, 15) is 23.8 Å². The molecule has 1 aromatic carbocycles. The first-order valence-corrected chi connectivity index (χ1v) is 15.2. The lowest BCUT2D eigenvalue weighted by molar-refractivity contribution is -0.174. The number of hydrogen-bond acceptors (Lipinski definition) is 3. The lowest BCUT2D eigenvalue weighted by Gasteiger charge is -2.62. The molecule has 6 heteroatoms. The second kappa shape index (κ2) is 9.54. The Labute approximate surface area is 226 Å². The summed E-state index contributed by atoms with van der Waals surface area (Å²) >= 11 is 0. The van der Waals surface area contributed by atoms with Crippen molar-refractivity contribution in [1.82, 2.24) is 0 Å².